The zero-order valence-corrected chi connectivity index (χ0v) is 13.9. The summed E-state index contributed by atoms with van der Waals surface area (Å²) in [6.07, 6.45) is 3.45. The van der Waals surface area contributed by atoms with Crippen molar-refractivity contribution in [3.05, 3.63) is 17.0 Å². The second-order valence-electron chi connectivity index (χ2n) is 5.74. The molecule has 0 spiro atoms. The average Bonchev–Trinajstić information content (AvgIpc) is 3.14. The molecule has 1 aliphatic carbocycles. The molecule has 1 aliphatic heterocycles. The highest BCUT2D eigenvalue weighted by atomic mass is 32.2. The summed E-state index contributed by atoms with van der Waals surface area (Å²) < 4.78 is 32.7. The van der Waals surface area contributed by atoms with Crippen LogP contribution in [0.1, 0.15) is 24.6 Å². The van der Waals surface area contributed by atoms with Gasteiger partial charge in [0, 0.05) is 30.1 Å². The molecule has 1 saturated carbocycles. The summed E-state index contributed by atoms with van der Waals surface area (Å²) in [4.78, 5) is 1.13. The maximum atomic E-state index is 12.7. The molecular formula is C14H22N2O3S2. The second-order valence-corrected chi connectivity index (χ2v) is 9.02. The molecule has 118 valence electrons. The van der Waals surface area contributed by atoms with Crippen molar-refractivity contribution in [2.45, 2.75) is 42.5 Å². The predicted octanol–water partition coefficient (Wildman–Crippen LogP) is 1.45. The number of hydrogen-bond donors (Lipinski definition) is 1. The largest absolute Gasteiger partial charge is 0.378 e. The van der Waals surface area contributed by atoms with E-state index in [4.69, 9.17) is 4.74 Å². The van der Waals surface area contributed by atoms with E-state index in [9.17, 15) is 8.42 Å². The Kier molecular flexibility index (Phi) is 4.66. The standard InChI is InChI=1S/C14H22N2O3S2/c1-11-10-19-9-8-16(11)21(17,18)14-5-4-13(20-14)6-7-15-12-2-3-12/h4-5,11-12,15H,2-3,6-10H2,1H3. The Labute approximate surface area is 130 Å². The van der Waals surface area contributed by atoms with Crippen LogP contribution in [0.4, 0.5) is 0 Å². The van der Waals surface area contributed by atoms with Crippen LogP contribution in [0.25, 0.3) is 0 Å². The minimum absolute atomic E-state index is 0.0918. The van der Waals surface area contributed by atoms with Crippen LogP contribution in [-0.2, 0) is 21.2 Å². The summed E-state index contributed by atoms with van der Waals surface area (Å²) in [6.45, 7) is 4.22. The average molecular weight is 330 g/mol. The van der Waals surface area contributed by atoms with Crippen molar-refractivity contribution >= 4 is 21.4 Å². The molecule has 2 aliphatic rings. The van der Waals surface area contributed by atoms with Crippen LogP contribution >= 0.6 is 11.3 Å². The van der Waals surface area contributed by atoms with E-state index in [1.807, 2.05) is 13.0 Å². The monoisotopic (exact) mass is 330 g/mol. The number of rotatable bonds is 6. The highest BCUT2D eigenvalue weighted by Gasteiger charge is 2.32. The lowest BCUT2D eigenvalue weighted by Crippen LogP contribution is -2.46. The van der Waals surface area contributed by atoms with Gasteiger partial charge in [-0.1, -0.05) is 0 Å². The van der Waals surface area contributed by atoms with Gasteiger partial charge < -0.3 is 10.1 Å². The molecule has 1 unspecified atom stereocenters. The third-order valence-electron chi connectivity index (χ3n) is 3.89. The quantitative estimate of drug-likeness (QED) is 0.858. The number of ether oxygens (including phenoxy) is 1. The Hall–Kier alpha value is -0.470. The smallest absolute Gasteiger partial charge is 0.252 e. The van der Waals surface area contributed by atoms with E-state index in [0.717, 1.165) is 17.8 Å². The molecular weight excluding hydrogens is 308 g/mol. The fourth-order valence-corrected chi connectivity index (χ4v) is 5.59. The lowest BCUT2D eigenvalue weighted by Gasteiger charge is -2.31. The topological polar surface area (TPSA) is 58.6 Å². The first-order valence-corrected chi connectivity index (χ1v) is 9.75. The molecule has 1 saturated heterocycles. The van der Waals surface area contributed by atoms with E-state index in [2.05, 4.69) is 5.32 Å². The Balaban J connectivity index is 1.65. The van der Waals surface area contributed by atoms with E-state index < -0.39 is 10.0 Å². The first-order chi connectivity index (χ1) is 10.1. The highest BCUT2D eigenvalue weighted by molar-refractivity contribution is 7.91. The predicted molar refractivity (Wildman–Crippen MR) is 83.2 cm³/mol. The van der Waals surface area contributed by atoms with Crippen LogP contribution in [0.15, 0.2) is 16.3 Å². The maximum Gasteiger partial charge on any atom is 0.252 e. The number of hydrogen-bond acceptors (Lipinski definition) is 5. The molecule has 0 amide bonds. The van der Waals surface area contributed by atoms with Crippen molar-refractivity contribution in [2.75, 3.05) is 26.3 Å². The van der Waals surface area contributed by atoms with E-state index >= 15 is 0 Å². The van der Waals surface area contributed by atoms with Gasteiger partial charge in [0.15, 0.2) is 0 Å². The second kappa shape index (κ2) is 6.34. The molecule has 1 N–H and O–H groups in total. The van der Waals surface area contributed by atoms with E-state index in [-0.39, 0.29) is 6.04 Å². The molecule has 2 heterocycles. The van der Waals surface area contributed by atoms with Crippen LogP contribution in [0.5, 0.6) is 0 Å². The van der Waals surface area contributed by atoms with Gasteiger partial charge in [0.1, 0.15) is 4.21 Å². The highest BCUT2D eigenvalue weighted by Crippen LogP contribution is 2.27. The molecule has 3 rings (SSSR count). The summed E-state index contributed by atoms with van der Waals surface area (Å²) in [6, 6.07) is 4.29. The molecule has 21 heavy (non-hydrogen) atoms. The molecule has 0 aromatic carbocycles. The fraction of sp³-hybridized carbons (Fsp3) is 0.714. The van der Waals surface area contributed by atoms with Crippen LogP contribution in [-0.4, -0.2) is 51.1 Å². The SMILES string of the molecule is CC1COCCN1S(=O)(=O)c1ccc(CCNC2CC2)s1. The molecule has 0 bridgehead atoms. The Bertz CT molecular complexity index is 581. The third kappa shape index (κ3) is 3.65. The lowest BCUT2D eigenvalue weighted by atomic mass is 10.3. The minimum atomic E-state index is -3.37. The van der Waals surface area contributed by atoms with E-state index in [1.165, 1.54) is 24.2 Å². The number of morpholine rings is 1. The number of nitrogens with one attached hydrogen (secondary N) is 1. The van der Waals surface area contributed by atoms with Gasteiger partial charge in [0.2, 0.25) is 0 Å². The zero-order chi connectivity index (χ0) is 14.9. The summed E-state index contributed by atoms with van der Waals surface area (Å²) >= 11 is 1.40. The minimum Gasteiger partial charge on any atom is -0.378 e. The van der Waals surface area contributed by atoms with Crippen molar-refractivity contribution in [2.24, 2.45) is 0 Å². The molecule has 1 aromatic heterocycles. The van der Waals surface area contributed by atoms with Crippen molar-refractivity contribution in [3.8, 4) is 0 Å². The van der Waals surface area contributed by atoms with Crippen LogP contribution in [0.3, 0.4) is 0 Å². The van der Waals surface area contributed by atoms with Gasteiger partial charge in [-0.25, -0.2) is 8.42 Å². The molecule has 1 atom stereocenters. The van der Waals surface area contributed by atoms with Crippen molar-refractivity contribution in [1.82, 2.24) is 9.62 Å². The normalized spacial score (nSPS) is 24.3. The number of thiophene rings is 1. The maximum absolute atomic E-state index is 12.7. The van der Waals surface area contributed by atoms with Gasteiger partial charge in [-0.3, -0.25) is 0 Å². The number of nitrogens with zero attached hydrogens (tertiary/aromatic N) is 1. The van der Waals surface area contributed by atoms with Gasteiger partial charge >= 0.3 is 0 Å². The molecule has 5 nitrogen and oxygen atoms in total. The molecule has 7 heteroatoms. The lowest BCUT2D eigenvalue weighted by molar-refractivity contribution is 0.0393. The van der Waals surface area contributed by atoms with Crippen LogP contribution in [0.2, 0.25) is 0 Å². The van der Waals surface area contributed by atoms with Crippen LogP contribution in [0, 0.1) is 0 Å². The Morgan fingerprint density at radius 1 is 1.43 bits per heavy atom. The van der Waals surface area contributed by atoms with Gasteiger partial charge in [0.25, 0.3) is 10.0 Å². The molecule has 1 aromatic rings. The van der Waals surface area contributed by atoms with Gasteiger partial charge in [-0.05, 0) is 38.3 Å². The van der Waals surface area contributed by atoms with Gasteiger partial charge in [-0.15, -0.1) is 11.3 Å². The molecule has 0 radical (unpaired) electrons. The first kappa shape index (κ1) is 15.4. The van der Waals surface area contributed by atoms with Crippen LogP contribution < -0.4 is 5.32 Å². The fourth-order valence-electron chi connectivity index (χ4n) is 2.50. The first-order valence-electron chi connectivity index (χ1n) is 7.49. The molecule has 2 fully saturated rings. The van der Waals surface area contributed by atoms with Crippen molar-refractivity contribution in [3.63, 3.8) is 0 Å². The van der Waals surface area contributed by atoms with E-state index in [0.29, 0.717) is 30.0 Å². The Morgan fingerprint density at radius 2 is 2.24 bits per heavy atom. The summed E-state index contributed by atoms with van der Waals surface area (Å²) in [5.41, 5.74) is 0. The number of sulfonamides is 1. The third-order valence-corrected chi connectivity index (χ3v) is 7.51. The van der Waals surface area contributed by atoms with Crippen molar-refractivity contribution in [1.29, 1.82) is 0 Å². The van der Waals surface area contributed by atoms with Gasteiger partial charge in [0.05, 0.1) is 13.2 Å². The van der Waals surface area contributed by atoms with E-state index in [1.54, 1.807) is 10.4 Å². The summed E-state index contributed by atoms with van der Waals surface area (Å²) in [5.74, 6) is 0. The Morgan fingerprint density at radius 3 is 2.95 bits per heavy atom. The summed E-state index contributed by atoms with van der Waals surface area (Å²) in [5, 5.41) is 3.45. The zero-order valence-electron chi connectivity index (χ0n) is 12.2. The summed E-state index contributed by atoms with van der Waals surface area (Å²) in [7, 11) is -3.37. The van der Waals surface area contributed by atoms with Gasteiger partial charge in [-0.2, -0.15) is 4.31 Å². The van der Waals surface area contributed by atoms with Crippen molar-refractivity contribution < 1.29 is 13.2 Å².